The molecule has 0 saturated carbocycles. The fourth-order valence-corrected chi connectivity index (χ4v) is 3.99. The number of nitrogens with one attached hydrogen (secondary N) is 1. The molecule has 0 aromatic rings. The molecular formula is C19H30N4O3. The van der Waals surface area contributed by atoms with Gasteiger partial charge in [0.15, 0.2) is 0 Å². The van der Waals surface area contributed by atoms with Crippen LogP contribution in [0.25, 0.3) is 0 Å². The Kier molecular flexibility index (Phi) is 6.43. The zero-order chi connectivity index (χ0) is 18.5. The van der Waals surface area contributed by atoms with Gasteiger partial charge in [-0.3, -0.25) is 19.3 Å². The molecule has 0 unspecified atom stereocenters. The van der Waals surface area contributed by atoms with Crippen molar-refractivity contribution in [1.29, 1.82) is 0 Å². The first-order valence-electron chi connectivity index (χ1n) is 9.74. The maximum absolute atomic E-state index is 12.4. The number of nitrogens with zero attached hydrogens (tertiary/aromatic N) is 3. The second kappa shape index (κ2) is 8.77. The first-order valence-corrected chi connectivity index (χ1v) is 9.74. The maximum atomic E-state index is 12.4. The van der Waals surface area contributed by atoms with Gasteiger partial charge in [0.05, 0.1) is 11.8 Å². The van der Waals surface area contributed by atoms with E-state index in [1.165, 1.54) is 4.90 Å². The minimum Gasteiger partial charge on any atom is -0.356 e. The van der Waals surface area contributed by atoms with Crippen LogP contribution in [0.1, 0.15) is 25.7 Å². The van der Waals surface area contributed by atoms with E-state index in [0.717, 1.165) is 39.1 Å². The standard InChI is InChI=1S/C19H30N4O3/c1-21-11-13-22(14-12-21)9-4-8-20-17(24)7-10-23-18(25)15-5-2-3-6-16(15)19(23)26/h2-3,15-16H,4-14H2,1H3,(H,20,24)/t15-,16+. The quantitative estimate of drug-likeness (QED) is 0.395. The Balaban J connectivity index is 1.32. The van der Waals surface area contributed by atoms with Crippen LogP contribution in [-0.4, -0.2) is 85.3 Å². The van der Waals surface area contributed by atoms with Gasteiger partial charge in [0.25, 0.3) is 0 Å². The van der Waals surface area contributed by atoms with Crippen LogP contribution < -0.4 is 5.32 Å². The molecule has 3 rings (SSSR count). The smallest absolute Gasteiger partial charge is 0.233 e. The number of rotatable bonds is 7. The molecule has 0 radical (unpaired) electrons. The number of piperazine rings is 1. The largest absolute Gasteiger partial charge is 0.356 e. The number of amides is 3. The SMILES string of the molecule is CN1CCN(CCCNC(=O)CCN2C(=O)[C@H]3CC=CC[C@H]3C2=O)CC1. The predicted octanol–water partition coefficient (Wildman–Crippen LogP) is 0.0814. The molecule has 3 aliphatic rings. The van der Waals surface area contributed by atoms with Gasteiger partial charge < -0.3 is 15.1 Å². The maximum Gasteiger partial charge on any atom is 0.233 e. The fourth-order valence-electron chi connectivity index (χ4n) is 3.99. The molecular weight excluding hydrogens is 332 g/mol. The average molecular weight is 362 g/mol. The summed E-state index contributed by atoms with van der Waals surface area (Å²) in [5.74, 6) is -0.713. The van der Waals surface area contributed by atoms with Crippen LogP contribution in [0.4, 0.5) is 0 Å². The van der Waals surface area contributed by atoms with Gasteiger partial charge in [0.2, 0.25) is 17.7 Å². The Morgan fingerprint density at radius 1 is 1.04 bits per heavy atom. The van der Waals surface area contributed by atoms with Crippen LogP contribution in [-0.2, 0) is 14.4 Å². The molecule has 2 saturated heterocycles. The molecule has 2 heterocycles. The zero-order valence-corrected chi connectivity index (χ0v) is 15.7. The monoisotopic (exact) mass is 362 g/mol. The van der Waals surface area contributed by atoms with Crippen molar-refractivity contribution >= 4 is 17.7 Å². The number of imide groups is 1. The number of hydrogen-bond donors (Lipinski definition) is 1. The Morgan fingerprint density at radius 2 is 1.65 bits per heavy atom. The number of carbonyl (C=O) groups is 3. The van der Waals surface area contributed by atoms with E-state index in [0.29, 0.717) is 19.4 Å². The van der Waals surface area contributed by atoms with Gasteiger partial charge in [-0.1, -0.05) is 12.2 Å². The van der Waals surface area contributed by atoms with Gasteiger partial charge in [-0.25, -0.2) is 0 Å². The molecule has 1 N–H and O–H groups in total. The molecule has 1 aliphatic carbocycles. The summed E-state index contributed by atoms with van der Waals surface area (Å²) >= 11 is 0. The summed E-state index contributed by atoms with van der Waals surface area (Å²) in [7, 11) is 2.14. The number of carbonyl (C=O) groups excluding carboxylic acids is 3. The average Bonchev–Trinajstić information content (AvgIpc) is 2.89. The van der Waals surface area contributed by atoms with E-state index in [9.17, 15) is 14.4 Å². The molecule has 0 bridgehead atoms. The fraction of sp³-hybridized carbons (Fsp3) is 0.737. The van der Waals surface area contributed by atoms with Crippen molar-refractivity contribution in [2.45, 2.75) is 25.7 Å². The van der Waals surface area contributed by atoms with E-state index in [1.54, 1.807) is 0 Å². The van der Waals surface area contributed by atoms with Gasteiger partial charge in [-0.15, -0.1) is 0 Å². The van der Waals surface area contributed by atoms with Gasteiger partial charge in [-0.2, -0.15) is 0 Å². The lowest BCUT2D eigenvalue weighted by Gasteiger charge is -2.32. The molecule has 144 valence electrons. The molecule has 3 amide bonds. The highest BCUT2D eigenvalue weighted by molar-refractivity contribution is 6.05. The summed E-state index contributed by atoms with van der Waals surface area (Å²) in [6.45, 7) is 6.20. The Morgan fingerprint density at radius 3 is 2.27 bits per heavy atom. The van der Waals surface area contributed by atoms with Gasteiger partial charge in [-0.05, 0) is 32.9 Å². The first-order chi connectivity index (χ1) is 12.6. The van der Waals surface area contributed by atoms with Crippen molar-refractivity contribution in [2.24, 2.45) is 11.8 Å². The third-order valence-corrected chi connectivity index (χ3v) is 5.73. The third-order valence-electron chi connectivity index (χ3n) is 5.73. The lowest BCUT2D eigenvalue weighted by Crippen LogP contribution is -2.45. The molecule has 2 atom stereocenters. The number of likely N-dealkylation sites (N-methyl/N-ethyl adjacent to an activating group) is 1. The van der Waals surface area contributed by atoms with Crippen LogP contribution in [0.2, 0.25) is 0 Å². The normalized spacial score (nSPS) is 27.0. The highest BCUT2D eigenvalue weighted by Crippen LogP contribution is 2.34. The summed E-state index contributed by atoms with van der Waals surface area (Å²) in [6.07, 6.45) is 6.35. The molecule has 0 spiro atoms. The number of fused-ring (bicyclic) bond motifs is 1. The number of hydrogen-bond acceptors (Lipinski definition) is 5. The van der Waals surface area contributed by atoms with Crippen LogP contribution in [0.5, 0.6) is 0 Å². The summed E-state index contributed by atoms with van der Waals surface area (Å²) in [6, 6.07) is 0. The van der Waals surface area contributed by atoms with Crippen LogP contribution >= 0.6 is 0 Å². The Hall–Kier alpha value is -1.73. The zero-order valence-electron chi connectivity index (χ0n) is 15.7. The van der Waals surface area contributed by atoms with E-state index < -0.39 is 0 Å². The first kappa shape index (κ1) is 19.0. The topological polar surface area (TPSA) is 73.0 Å². The van der Waals surface area contributed by atoms with Crippen molar-refractivity contribution in [3.8, 4) is 0 Å². The van der Waals surface area contributed by atoms with E-state index >= 15 is 0 Å². The van der Waals surface area contributed by atoms with Gasteiger partial charge in [0, 0.05) is 45.7 Å². The number of allylic oxidation sites excluding steroid dienone is 2. The lowest BCUT2D eigenvalue weighted by molar-refractivity contribution is -0.140. The van der Waals surface area contributed by atoms with E-state index in [2.05, 4.69) is 22.2 Å². The molecule has 0 aromatic heterocycles. The third kappa shape index (κ3) is 4.51. The summed E-state index contributed by atoms with van der Waals surface area (Å²) < 4.78 is 0. The molecule has 7 nitrogen and oxygen atoms in total. The van der Waals surface area contributed by atoms with Crippen molar-refractivity contribution in [3.05, 3.63) is 12.2 Å². The Labute approximate surface area is 155 Å². The Bertz CT molecular complexity index is 543. The van der Waals surface area contributed by atoms with E-state index in [-0.39, 0.29) is 42.5 Å². The highest BCUT2D eigenvalue weighted by atomic mass is 16.2. The molecule has 26 heavy (non-hydrogen) atoms. The van der Waals surface area contributed by atoms with Gasteiger partial charge in [0.1, 0.15) is 0 Å². The second-order valence-electron chi connectivity index (χ2n) is 7.58. The summed E-state index contributed by atoms with van der Waals surface area (Å²) in [4.78, 5) is 42.8. The minimum atomic E-state index is -0.209. The van der Waals surface area contributed by atoms with E-state index in [4.69, 9.17) is 0 Å². The number of likely N-dealkylation sites (tertiary alicyclic amines) is 1. The summed E-state index contributed by atoms with van der Waals surface area (Å²) in [5.41, 5.74) is 0. The molecule has 2 aliphatic heterocycles. The second-order valence-corrected chi connectivity index (χ2v) is 7.58. The van der Waals surface area contributed by atoms with E-state index in [1.807, 2.05) is 12.2 Å². The van der Waals surface area contributed by atoms with Crippen LogP contribution in [0.3, 0.4) is 0 Å². The van der Waals surface area contributed by atoms with Gasteiger partial charge >= 0.3 is 0 Å². The minimum absolute atomic E-state index is 0.0861. The predicted molar refractivity (Wildman–Crippen MR) is 98.3 cm³/mol. The molecule has 0 aromatic carbocycles. The van der Waals surface area contributed by atoms with Crippen molar-refractivity contribution < 1.29 is 14.4 Å². The van der Waals surface area contributed by atoms with Crippen molar-refractivity contribution in [2.75, 3.05) is 52.9 Å². The molecule has 2 fully saturated rings. The lowest BCUT2D eigenvalue weighted by atomic mass is 9.85. The van der Waals surface area contributed by atoms with Crippen molar-refractivity contribution in [3.63, 3.8) is 0 Å². The van der Waals surface area contributed by atoms with Crippen LogP contribution in [0.15, 0.2) is 12.2 Å². The van der Waals surface area contributed by atoms with Crippen molar-refractivity contribution in [1.82, 2.24) is 20.0 Å². The summed E-state index contributed by atoms with van der Waals surface area (Å²) in [5, 5.41) is 2.91. The highest BCUT2D eigenvalue weighted by Gasteiger charge is 2.46. The van der Waals surface area contributed by atoms with Crippen LogP contribution in [0, 0.1) is 11.8 Å². The molecule has 7 heteroatoms.